The van der Waals surface area contributed by atoms with Gasteiger partial charge in [0.2, 0.25) is 0 Å². The molecule has 2 rings (SSSR count). The van der Waals surface area contributed by atoms with Crippen molar-refractivity contribution in [1.82, 2.24) is 5.32 Å². The number of ether oxygens (including phenoxy) is 2. The van der Waals surface area contributed by atoms with Gasteiger partial charge in [-0.05, 0) is 31.0 Å². The molecule has 1 aromatic rings. The fourth-order valence-electron chi connectivity index (χ4n) is 1.91. The van der Waals surface area contributed by atoms with Crippen LogP contribution in [0.4, 0.5) is 0 Å². The summed E-state index contributed by atoms with van der Waals surface area (Å²) in [5, 5.41) is 3.46. The Morgan fingerprint density at radius 2 is 2.31 bits per heavy atom. The first-order chi connectivity index (χ1) is 7.79. The zero-order chi connectivity index (χ0) is 11.4. The molecule has 0 aliphatic carbocycles. The Hall–Kier alpha value is -1.06. The van der Waals surface area contributed by atoms with Crippen LogP contribution >= 0.6 is 0 Å². The molecule has 1 aliphatic heterocycles. The summed E-state index contributed by atoms with van der Waals surface area (Å²) >= 11 is 0. The van der Waals surface area contributed by atoms with Gasteiger partial charge in [-0.1, -0.05) is 12.1 Å². The molecule has 2 atom stereocenters. The van der Waals surface area contributed by atoms with E-state index in [9.17, 15) is 0 Å². The summed E-state index contributed by atoms with van der Waals surface area (Å²) < 4.78 is 11.1. The van der Waals surface area contributed by atoms with E-state index >= 15 is 0 Å². The molecule has 0 saturated carbocycles. The molecular formula is C13H19NO2. The third kappa shape index (κ3) is 2.74. The van der Waals surface area contributed by atoms with Crippen LogP contribution in [0.15, 0.2) is 24.3 Å². The molecule has 1 fully saturated rings. The normalized spacial score (nSPS) is 26.1. The fourth-order valence-corrected chi connectivity index (χ4v) is 1.91. The van der Waals surface area contributed by atoms with Gasteiger partial charge >= 0.3 is 0 Å². The van der Waals surface area contributed by atoms with Crippen LogP contribution in [0.5, 0.6) is 5.75 Å². The molecule has 1 aliphatic rings. The van der Waals surface area contributed by atoms with E-state index < -0.39 is 0 Å². The van der Waals surface area contributed by atoms with Crippen molar-refractivity contribution >= 4 is 0 Å². The second kappa shape index (κ2) is 5.32. The summed E-state index contributed by atoms with van der Waals surface area (Å²) in [6.07, 6.45) is 1.21. The van der Waals surface area contributed by atoms with Gasteiger partial charge in [0, 0.05) is 19.2 Å². The molecule has 3 nitrogen and oxygen atoms in total. The molecule has 0 amide bonds. The van der Waals surface area contributed by atoms with Crippen molar-refractivity contribution in [2.24, 2.45) is 0 Å². The van der Waals surface area contributed by atoms with Gasteiger partial charge in [-0.15, -0.1) is 0 Å². The summed E-state index contributed by atoms with van der Waals surface area (Å²) in [6.45, 7) is 3.88. The molecule has 88 valence electrons. The van der Waals surface area contributed by atoms with E-state index in [0.29, 0.717) is 6.04 Å². The monoisotopic (exact) mass is 221 g/mol. The van der Waals surface area contributed by atoms with E-state index in [2.05, 4.69) is 18.3 Å². The van der Waals surface area contributed by atoms with Gasteiger partial charge < -0.3 is 14.8 Å². The minimum absolute atomic E-state index is 0.139. The van der Waals surface area contributed by atoms with Gasteiger partial charge in [-0.2, -0.15) is 0 Å². The van der Waals surface area contributed by atoms with Crippen molar-refractivity contribution in [1.29, 1.82) is 0 Å². The van der Waals surface area contributed by atoms with Gasteiger partial charge in [-0.25, -0.2) is 0 Å². The van der Waals surface area contributed by atoms with Crippen LogP contribution in [0.2, 0.25) is 0 Å². The largest absolute Gasteiger partial charge is 0.497 e. The van der Waals surface area contributed by atoms with E-state index in [-0.39, 0.29) is 6.10 Å². The van der Waals surface area contributed by atoms with E-state index in [1.807, 2.05) is 18.2 Å². The van der Waals surface area contributed by atoms with Crippen LogP contribution in [-0.4, -0.2) is 26.3 Å². The standard InChI is InChI=1S/C13H19NO2/c1-10-6-7-16-13(9-14-10)11-4-3-5-12(8-11)15-2/h3-5,8,10,13-14H,6-7,9H2,1-2H3. The zero-order valence-corrected chi connectivity index (χ0v) is 9.90. The van der Waals surface area contributed by atoms with E-state index in [0.717, 1.165) is 25.3 Å². The number of nitrogens with one attached hydrogen (secondary N) is 1. The summed E-state index contributed by atoms with van der Waals surface area (Å²) in [5.74, 6) is 0.887. The van der Waals surface area contributed by atoms with Crippen molar-refractivity contribution in [2.75, 3.05) is 20.3 Å². The smallest absolute Gasteiger partial charge is 0.119 e. The van der Waals surface area contributed by atoms with Crippen molar-refractivity contribution in [3.8, 4) is 5.75 Å². The lowest BCUT2D eigenvalue weighted by Gasteiger charge is -2.16. The summed E-state index contributed by atoms with van der Waals surface area (Å²) in [4.78, 5) is 0. The predicted octanol–water partition coefficient (Wildman–Crippen LogP) is 2.13. The van der Waals surface area contributed by atoms with E-state index in [1.54, 1.807) is 7.11 Å². The molecule has 0 bridgehead atoms. The molecule has 1 N–H and O–H groups in total. The average molecular weight is 221 g/mol. The third-order valence-corrected chi connectivity index (χ3v) is 2.99. The maximum Gasteiger partial charge on any atom is 0.119 e. The highest BCUT2D eigenvalue weighted by Gasteiger charge is 2.17. The van der Waals surface area contributed by atoms with E-state index in [1.165, 1.54) is 5.56 Å². The molecule has 1 aromatic carbocycles. The second-order valence-corrected chi connectivity index (χ2v) is 4.23. The fraction of sp³-hybridized carbons (Fsp3) is 0.538. The maximum absolute atomic E-state index is 5.84. The predicted molar refractivity (Wildman–Crippen MR) is 63.8 cm³/mol. The Morgan fingerprint density at radius 3 is 3.12 bits per heavy atom. The lowest BCUT2D eigenvalue weighted by atomic mass is 10.1. The molecule has 0 aromatic heterocycles. The Labute approximate surface area is 96.8 Å². The summed E-state index contributed by atoms with van der Waals surface area (Å²) in [7, 11) is 1.69. The van der Waals surface area contributed by atoms with Crippen molar-refractivity contribution < 1.29 is 9.47 Å². The lowest BCUT2D eigenvalue weighted by Crippen LogP contribution is -2.27. The Bertz CT molecular complexity index is 340. The lowest BCUT2D eigenvalue weighted by molar-refractivity contribution is 0.0663. The minimum Gasteiger partial charge on any atom is -0.497 e. The van der Waals surface area contributed by atoms with Crippen molar-refractivity contribution in [2.45, 2.75) is 25.5 Å². The molecule has 0 spiro atoms. The first-order valence-corrected chi connectivity index (χ1v) is 5.78. The molecule has 1 heterocycles. The van der Waals surface area contributed by atoms with E-state index in [4.69, 9.17) is 9.47 Å². The molecule has 1 saturated heterocycles. The molecule has 2 unspecified atom stereocenters. The Balaban J connectivity index is 2.10. The van der Waals surface area contributed by atoms with Gasteiger partial charge in [0.15, 0.2) is 0 Å². The van der Waals surface area contributed by atoms with Crippen molar-refractivity contribution in [3.63, 3.8) is 0 Å². The molecular weight excluding hydrogens is 202 g/mol. The van der Waals surface area contributed by atoms with Crippen LogP contribution in [0.25, 0.3) is 0 Å². The topological polar surface area (TPSA) is 30.5 Å². The van der Waals surface area contributed by atoms with Crippen LogP contribution in [0.1, 0.15) is 25.0 Å². The molecule has 16 heavy (non-hydrogen) atoms. The highest BCUT2D eigenvalue weighted by molar-refractivity contribution is 5.30. The molecule has 3 heteroatoms. The number of methoxy groups -OCH3 is 1. The first kappa shape index (κ1) is 11.4. The van der Waals surface area contributed by atoms with Crippen LogP contribution in [-0.2, 0) is 4.74 Å². The number of hydrogen-bond acceptors (Lipinski definition) is 3. The zero-order valence-electron chi connectivity index (χ0n) is 9.90. The summed E-state index contributed by atoms with van der Waals surface area (Å²) in [5.41, 5.74) is 1.18. The van der Waals surface area contributed by atoms with Crippen LogP contribution in [0, 0.1) is 0 Å². The molecule has 0 radical (unpaired) electrons. The quantitative estimate of drug-likeness (QED) is 0.830. The number of benzene rings is 1. The second-order valence-electron chi connectivity index (χ2n) is 4.23. The Kier molecular flexibility index (Phi) is 3.80. The highest BCUT2D eigenvalue weighted by Crippen LogP contribution is 2.23. The Morgan fingerprint density at radius 1 is 1.44 bits per heavy atom. The van der Waals surface area contributed by atoms with Crippen LogP contribution in [0.3, 0.4) is 0 Å². The first-order valence-electron chi connectivity index (χ1n) is 5.78. The minimum atomic E-state index is 0.139. The average Bonchev–Trinajstić information content (AvgIpc) is 2.54. The van der Waals surface area contributed by atoms with Gasteiger partial charge in [0.1, 0.15) is 5.75 Å². The summed E-state index contributed by atoms with van der Waals surface area (Å²) in [6, 6.07) is 8.63. The van der Waals surface area contributed by atoms with Gasteiger partial charge in [0.05, 0.1) is 13.2 Å². The SMILES string of the molecule is COc1cccc(C2CNC(C)CCO2)c1. The maximum atomic E-state index is 5.84. The van der Waals surface area contributed by atoms with Gasteiger partial charge in [-0.3, -0.25) is 0 Å². The highest BCUT2D eigenvalue weighted by atomic mass is 16.5. The van der Waals surface area contributed by atoms with Gasteiger partial charge in [0.25, 0.3) is 0 Å². The van der Waals surface area contributed by atoms with Crippen molar-refractivity contribution in [3.05, 3.63) is 29.8 Å². The number of rotatable bonds is 2. The third-order valence-electron chi connectivity index (χ3n) is 2.99. The van der Waals surface area contributed by atoms with Crippen LogP contribution < -0.4 is 10.1 Å². The number of hydrogen-bond donors (Lipinski definition) is 1.